The lowest BCUT2D eigenvalue weighted by Crippen LogP contribution is -2.32. The number of nitrogens with zero attached hydrogens (tertiary/aromatic N) is 3. The van der Waals surface area contributed by atoms with Gasteiger partial charge in [0.05, 0.1) is 35.9 Å². The minimum atomic E-state index is -0.680. The monoisotopic (exact) mass is 443 g/mol. The summed E-state index contributed by atoms with van der Waals surface area (Å²) in [5.74, 6) is -0.973. The second-order valence-corrected chi connectivity index (χ2v) is 7.31. The Morgan fingerprint density at radius 3 is 2.63 bits per heavy atom. The first-order chi connectivity index (χ1) is 14.4. The third kappa shape index (κ3) is 6.11. The largest absolute Gasteiger partial charge is 0.466 e. The van der Waals surface area contributed by atoms with Gasteiger partial charge in [-0.3, -0.25) is 9.59 Å². The smallest absolute Gasteiger partial charge is 0.308 e. The van der Waals surface area contributed by atoms with Gasteiger partial charge in [-0.1, -0.05) is 41.6 Å². The maximum atomic E-state index is 12.5. The fourth-order valence-electron chi connectivity index (χ4n) is 2.54. The maximum Gasteiger partial charge on any atom is 0.308 e. The van der Waals surface area contributed by atoms with Crippen molar-refractivity contribution in [3.8, 4) is 12.1 Å². The number of amides is 1. The van der Waals surface area contributed by atoms with Crippen molar-refractivity contribution in [1.82, 2.24) is 10.3 Å². The molecule has 10 heteroatoms. The van der Waals surface area contributed by atoms with E-state index >= 15 is 0 Å². The summed E-state index contributed by atoms with van der Waals surface area (Å²) >= 11 is 7.23. The summed E-state index contributed by atoms with van der Waals surface area (Å²) in [6.07, 6.45) is -0.0838. The molecule has 1 aromatic heterocycles. The van der Waals surface area contributed by atoms with E-state index in [1.807, 2.05) is 12.1 Å². The number of ether oxygens (including phenoxy) is 1. The fraction of sp³-hybridized carbons (Fsp3) is 0.250. The van der Waals surface area contributed by atoms with Crippen LogP contribution in [-0.2, 0) is 14.3 Å². The van der Waals surface area contributed by atoms with Gasteiger partial charge >= 0.3 is 5.97 Å². The second-order valence-electron chi connectivity index (χ2n) is 5.94. The van der Waals surface area contributed by atoms with Crippen LogP contribution in [0.1, 0.15) is 36.1 Å². The normalized spacial score (nSPS) is 11.1. The van der Waals surface area contributed by atoms with Gasteiger partial charge in [0, 0.05) is 5.02 Å². The summed E-state index contributed by atoms with van der Waals surface area (Å²) in [6, 6.07) is 11.3. The zero-order valence-electron chi connectivity index (χ0n) is 16.0. The standard InChI is InChI=1S/C20H18ClN5O3S/c1-2-29-18(28)8-16(14-5-3-4-6-15(14)21)25-17(27)11-30-20-13(10-23)7-12(9-22)19(24)26-20/h3-7,16H,2,8,11H2,1H3,(H2,24,26)(H,25,27)/t16-/m1/s1. The Balaban J connectivity index is 2.14. The van der Waals surface area contributed by atoms with E-state index in [2.05, 4.69) is 10.3 Å². The molecule has 2 rings (SSSR count). The highest BCUT2D eigenvalue weighted by molar-refractivity contribution is 8.00. The molecule has 0 saturated carbocycles. The lowest BCUT2D eigenvalue weighted by atomic mass is 10.0. The van der Waals surface area contributed by atoms with Crippen molar-refractivity contribution in [2.24, 2.45) is 0 Å². The number of pyridine rings is 1. The van der Waals surface area contributed by atoms with Crippen LogP contribution in [-0.4, -0.2) is 29.2 Å². The van der Waals surface area contributed by atoms with Crippen LogP contribution in [0.25, 0.3) is 0 Å². The predicted molar refractivity (Wildman–Crippen MR) is 112 cm³/mol. The molecule has 0 aliphatic rings. The quantitative estimate of drug-likeness (QED) is 0.468. The van der Waals surface area contributed by atoms with Gasteiger partial charge in [-0.15, -0.1) is 0 Å². The molecule has 3 N–H and O–H groups in total. The number of esters is 1. The molecule has 30 heavy (non-hydrogen) atoms. The molecular formula is C20H18ClN5O3S. The van der Waals surface area contributed by atoms with E-state index in [0.29, 0.717) is 10.6 Å². The van der Waals surface area contributed by atoms with Crippen molar-refractivity contribution < 1.29 is 14.3 Å². The van der Waals surface area contributed by atoms with Crippen molar-refractivity contribution in [3.05, 3.63) is 52.0 Å². The first-order valence-electron chi connectivity index (χ1n) is 8.82. The van der Waals surface area contributed by atoms with Crippen LogP contribution < -0.4 is 11.1 Å². The van der Waals surface area contributed by atoms with Crippen molar-refractivity contribution in [2.45, 2.75) is 24.4 Å². The first-order valence-corrected chi connectivity index (χ1v) is 10.2. The zero-order chi connectivity index (χ0) is 22.1. The minimum absolute atomic E-state index is 0.0179. The Morgan fingerprint density at radius 1 is 1.30 bits per heavy atom. The van der Waals surface area contributed by atoms with Crippen LogP contribution in [0.3, 0.4) is 0 Å². The van der Waals surface area contributed by atoms with E-state index in [9.17, 15) is 14.9 Å². The summed E-state index contributed by atoms with van der Waals surface area (Å²) in [7, 11) is 0. The van der Waals surface area contributed by atoms with E-state index < -0.39 is 17.9 Å². The topological polar surface area (TPSA) is 142 Å². The van der Waals surface area contributed by atoms with E-state index in [1.54, 1.807) is 31.2 Å². The lowest BCUT2D eigenvalue weighted by Gasteiger charge is -2.19. The number of nitrogens with one attached hydrogen (secondary N) is 1. The van der Waals surface area contributed by atoms with Gasteiger partial charge < -0.3 is 15.8 Å². The van der Waals surface area contributed by atoms with E-state index in [1.165, 1.54) is 6.07 Å². The lowest BCUT2D eigenvalue weighted by molar-refractivity contribution is -0.143. The molecule has 0 aliphatic heterocycles. The van der Waals surface area contributed by atoms with Gasteiger partial charge in [0.2, 0.25) is 5.91 Å². The minimum Gasteiger partial charge on any atom is -0.466 e. The molecule has 0 unspecified atom stereocenters. The Hall–Kier alpha value is -3.27. The molecular weight excluding hydrogens is 426 g/mol. The molecule has 0 bridgehead atoms. The molecule has 8 nitrogen and oxygen atoms in total. The number of carbonyl (C=O) groups excluding carboxylic acids is 2. The summed E-state index contributed by atoms with van der Waals surface area (Å²) in [5.41, 5.74) is 6.52. The Bertz CT molecular complexity index is 1030. The van der Waals surface area contributed by atoms with E-state index in [4.69, 9.17) is 27.3 Å². The van der Waals surface area contributed by atoms with Gasteiger partial charge in [-0.05, 0) is 24.6 Å². The first kappa shape index (κ1) is 23.0. The van der Waals surface area contributed by atoms with Crippen molar-refractivity contribution >= 4 is 41.1 Å². The number of carbonyl (C=O) groups is 2. The molecule has 0 radical (unpaired) electrons. The van der Waals surface area contributed by atoms with Gasteiger partial charge in [-0.25, -0.2) is 4.98 Å². The van der Waals surface area contributed by atoms with Crippen LogP contribution in [0.4, 0.5) is 5.82 Å². The number of rotatable bonds is 8. The van der Waals surface area contributed by atoms with Crippen molar-refractivity contribution in [3.63, 3.8) is 0 Å². The summed E-state index contributed by atoms with van der Waals surface area (Å²) < 4.78 is 4.99. The van der Waals surface area contributed by atoms with Gasteiger partial charge in [0.15, 0.2) is 0 Å². The zero-order valence-corrected chi connectivity index (χ0v) is 17.6. The second kappa shape index (κ2) is 11.1. The van der Waals surface area contributed by atoms with Crippen LogP contribution in [0.2, 0.25) is 5.02 Å². The number of benzene rings is 1. The summed E-state index contributed by atoms with van der Waals surface area (Å²) in [4.78, 5) is 28.5. The van der Waals surface area contributed by atoms with Crippen LogP contribution in [0.5, 0.6) is 0 Å². The van der Waals surface area contributed by atoms with Gasteiger partial charge in [-0.2, -0.15) is 10.5 Å². The number of hydrogen-bond donors (Lipinski definition) is 2. The Morgan fingerprint density at radius 2 is 2.00 bits per heavy atom. The average molecular weight is 444 g/mol. The number of thioether (sulfide) groups is 1. The number of nitrogens with two attached hydrogens (primary N) is 1. The number of anilines is 1. The molecule has 0 saturated heterocycles. The average Bonchev–Trinajstić information content (AvgIpc) is 2.72. The number of nitrogen functional groups attached to an aromatic ring is 1. The van der Waals surface area contributed by atoms with E-state index in [0.717, 1.165) is 11.8 Å². The number of nitriles is 2. The third-order valence-electron chi connectivity index (χ3n) is 3.89. The van der Waals surface area contributed by atoms with Crippen LogP contribution in [0, 0.1) is 22.7 Å². The van der Waals surface area contributed by atoms with Gasteiger partial charge in [0.25, 0.3) is 0 Å². The highest BCUT2D eigenvalue weighted by Gasteiger charge is 2.22. The van der Waals surface area contributed by atoms with Crippen LogP contribution >= 0.6 is 23.4 Å². The highest BCUT2D eigenvalue weighted by Crippen LogP contribution is 2.27. The highest BCUT2D eigenvalue weighted by atomic mass is 35.5. The van der Waals surface area contributed by atoms with Crippen molar-refractivity contribution in [1.29, 1.82) is 10.5 Å². The number of aromatic nitrogens is 1. The third-order valence-corrected chi connectivity index (χ3v) is 5.23. The van der Waals surface area contributed by atoms with E-state index in [-0.39, 0.29) is 40.8 Å². The SMILES string of the molecule is CCOC(=O)C[C@@H](NC(=O)CSc1nc(N)c(C#N)cc1C#N)c1ccccc1Cl. The molecule has 1 heterocycles. The van der Waals surface area contributed by atoms with Crippen LogP contribution in [0.15, 0.2) is 35.4 Å². The molecule has 154 valence electrons. The van der Waals surface area contributed by atoms with Crippen molar-refractivity contribution in [2.75, 3.05) is 18.1 Å². The molecule has 1 aromatic carbocycles. The molecule has 0 spiro atoms. The Kier molecular flexibility index (Phi) is 8.48. The Labute approximate surface area is 183 Å². The summed E-state index contributed by atoms with van der Waals surface area (Å²) in [6.45, 7) is 1.92. The summed E-state index contributed by atoms with van der Waals surface area (Å²) in [5, 5.41) is 21.7. The number of hydrogen-bond acceptors (Lipinski definition) is 8. The predicted octanol–water partition coefficient (Wildman–Crippen LogP) is 2.96. The number of halogens is 1. The molecule has 1 atom stereocenters. The maximum absolute atomic E-state index is 12.5. The fourth-order valence-corrected chi connectivity index (χ4v) is 3.58. The molecule has 0 fully saturated rings. The molecule has 1 amide bonds. The molecule has 2 aromatic rings. The van der Waals surface area contributed by atoms with Gasteiger partial charge in [0.1, 0.15) is 23.0 Å². The molecule has 0 aliphatic carbocycles.